The Hall–Kier alpha value is -1.57. The van der Waals surface area contributed by atoms with Crippen LogP contribution in [0.3, 0.4) is 0 Å². The third-order valence-electron chi connectivity index (χ3n) is 5.11. The molecule has 170 valence electrons. The van der Waals surface area contributed by atoms with Crippen LogP contribution in [0.4, 0.5) is 0 Å². The highest BCUT2D eigenvalue weighted by Crippen LogP contribution is 2.26. The van der Waals surface area contributed by atoms with Crippen LogP contribution < -0.4 is 5.73 Å². The molecule has 0 fully saturated rings. The topological polar surface area (TPSA) is 110 Å². The quantitative estimate of drug-likeness (QED) is 0.176. The average molecular weight is 440 g/mol. The number of carbonyl (C=O) groups is 2. The lowest BCUT2D eigenvalue weighted by Crippen LogP contribution is -2.37. The van der Waals surface area contributed by atoms with E-state index in [1.165, 1.54) is 37.7 Å². The Kier molecular flexibility index (Phi) is 13.5. The lowest BCUT2D eigenvalue weighted by molar-refractivity contribution is -0.157. The highest BCUT2D eigenvalue weighted by molar-refractivity contribution is 7.80. The first-order valence-electron chi connectivity index (χ1n) is 10.9. The maximum atomic E-state index is 12.2. The van der Waals surface area contributed by atoms with E-state index in [9.17, 15) is 14.7 Å². The van der Waals surface area contributed by atoms with Gasteiger partial charge in [0, 0.05) is 12.2 Å². The van der Waals surface area contributed by atoms with Crippen LogP contribution in [-0.2, 0) is 20.7 Å². The molecule has 1 unspecified atom stereocenters. The summed E-state index contributed by atoms with van der Waals surface area (Å²) in [4.78, 5) is 22.9. The molecule has 0 saturated heterocycles. The van der Waals surface area contributed by atoms with Crippen molar-refractivity contribution < 1.29 is 24.5 Å². The summed E-state index contributed by atoms with van der Waals surface area (Å²) >= 11 is 4.01. The van der Waals surface area contributed by atoms with Gasteiger partial charge in [-0.15, -0.1) is 0 Å². The van der Waals surface area contributed by atoms with Crippen molar-refractivity contribution in [1.29, 1.82) is 0 Å². The number of benzene rings is 1. The van der Waals surface area contributed by atoms with E-state index in [2.05, 4.69) is 19.6 Å². The highest BCUT2D eigenvalue weighted by atomic mass is 32.1. The van der Waals surface area contributed by atoms with Gasteiger partial charge in [0.15, 0.2) is 6.10 Å². The lowest BCUT2D eigenvalue weighted by Gasteiger charge is -2.25. The van der Waals surface area contributed by atoms with Gasteiger partial charge in [0.1, 0.15) is 6.04 Å². The van der Waals surface area contributed by atoms with Crippen LogP contribution in [0, 0.1) is 0 Å². The molecule has 0 heterocycles. The first-order valence-corrected chi connectivity index (χ1v) is 11.6. The van der Waals surface area contributed by atoms with Crippen molar-refractivity contribution in [2.24, 2.45) is 5.73 Å². The minimum atomic E-state index is -1.01. The number of ether oxygens (including phenoxy) is 1. The Morgan fingerprint density at radius 1 is 1.07 bits per heavy atom. The molecule has 0 amide bonds. The minimum Gasteiger partial charge on any atom is -0.481 e. The second-order valence-electron chi connectivity index (χ2n) is 7.76. The van der Waals surface area contributed by atoms with Gasteiger partial charge in [-0.3, -0.25) is 9.59 Å². The summed E-state index contributed by atoms with van der Waals surface area (Å²) < 4.78 is 5.47. The number of carboxylic acid groups (broad SMARTS) is 1. The van der Waals surface area contributed by atoms with Crippen molar-refractivity contribution in [2.75, 3.05) is 5.75 Å². The number of hydrogen-bond acceptors (Lipinski definition) is 6. The molecule has 1 aromatic carbocycles. The number of carboxylic acids is 1. The number of rotatable bonds is 16. The van der Waals surface area contributed by atoms with Crippen LogP contribution in [-0.4, -0.2) is 40.1 Å². The molecule has 0 bridgehead atoms. The van der Waals surface area contributed by atoms with Crippen molar-refractivity contribution in [3.8, 4) is 0 Å². The van der Waals surface area contributed by atoms with Crippen LogP contribution in [0.2, 0.25) is 0 Å². The zero-order chi connectivity index (χ0) is 22.4. The van der Waals surface area contributed by atoms with Crippen molar-refractivity contribution in [3.05, 3.63) is 35.4 Å². The summed E-state index contributed by atoms with van der Waals surface area (Å²) in [5, 5.41) is 19.4. The molecule has 0 spiro atoms. The molecule has 0 aliphatic heterocycles. The predicted molar refractivity (Wildman–Crippen MR) is 122 cm³/mol. The van der Waals surface area contributed by atoms with Gasteiger partial charge >= 0.3 is 11.9 Å². The lowest BCUT2D eigenvalue weighted by atomic mass is 9.97. The third kappa shape index (κ3) is 10.5. The summed E-state index contributed by atoms with van der Waals surface area (Å²) in [5.74, 6) is -1.42. The van der Waals surface area contributed by atoms with Crippen LogP contribution in [0.25, 0.3) is 0 Å². The van der Waals surface area contributed by atoms with E-state index in [-0.39, 0.29) is 18.6 Å². The van der Waals surface area contributed by atoms with Gasteiger partial charge in [0.25, 0.3) is 0 Å². The zero-order valence-electron chi connectivity index (χ0n) is 18.0. The maximum Gasteiger partial charge on any atom is 0.324 e. The number of hydrogen-bond donors (Lipinski definition) is 4. The fourth-order valence-corrected chi connectivity index (χ4v) is 3.40. The van der Waals surface area contributed by atoms with Crippen molar-refractivity contribution in [2.45, 2.75) is 89.4 Å². The molecular formula is C23H37NO5S. The smallest absolute Gasteiger partial charge is 0.324 e. The maximum absolute atomic E-state index is 12.2. The molecule has 4 N–H and O–H groups in total. The third-order valence-corrected chi connectivity index (χ3v) is 5.50. The molecule has 7 heteroatoms. The van der Waals surface area contributed by atoms with E-state index >= 15 is 0 Å². The number of nitrogens with two attached hydrogens (primary N) is 1. The van der Waals surface area contributed by atoms with Gasteiger partial charge in [0.05, 0.1) is 6.10 Å². The molecule has 1 aromatic rings. The van der Waals surface area contributed by atoms with Crippen LogP contribution in [0.1, 0.15) is 81.9 Å². The van der Waals surface area contributed by atoms with E-state index in [1.54, 1.807) is 0 Å². The fourth-order valence-electron chi connectivity index (χ4n) is 3.25. The number of esters is 1. The zero-order valence-corrected chi connectivity index (χ0v) is 18.9. The predicted octanol–water partition coefficient (Wildman–Crippen LogP) is 4.05. The number of aliphatic carboxylic acids is 1. The summed E-state index contributed by atoms with van der Waals surface area (Å²) in [6, 6.07) is 6.82. The van der Waals surface area contributed by atoms with E-state index < -0.39 is 30.2 Å². The van der Waals surface area contributed by atoms with E-state index in [4.69, 9.17) is 15.6 Å². The first kappa shape index (κ1) is 26.5. The Morgan fingerprint density at radius 3 is 2.30 bits per heavy atom. The second kappa shape index (κ2) is 15.3. The largest absolute Gasteiger partial charge is 0.481 e. The number of unbranched alkanes of at least 4 members (excludes halogenated alkanes) is 5. The number of carbonyl (C=O) groups excluding carboxylic acids is 1. The number of aliphatic hydroxyl groups is 1. The summed E-state index contributed by atoms with van der Waals surface area (Å²) in [7, 11) is 0. The van der Waals surface area contributed by atoms with Gasteiger partial charge in [0.2, 0.25) is 0 Å². The summed E-state index contributed by atoms with van der Waals surface area (Å²) in [6.07, 6.45) is 6.98. The van der Waals surface area contributed by atoms with E-state index in [0.717, 1.165) is 12.8 Å². The summed E-state index contributed by atoms with van der Waals surface area (Å²) in [5.41, 5.74) is 7.57. The fraction of sp³-hybridized carbons (Fsp3) is 0.652. The van der Waals surface area contributed by atoms with Crippen molar-refractivity contribution in [3.63, 3.8) is 0 Å². The monoisotopic (exact) mass is 439 g/mol. The normalized spacial score (nSPS) is 14.1. The molecule has 0 saturated carbocycles. The average Bonchev–Trinajstić information content (AvgIpc) is 2.73. The molecule has 3 atom stereocenters. The van der Waals surface area contributed by atoms with Crippen LogP contribution >= 0.6 is 12.6 Å². The summed E-state index contributed by atoms with van der Waals surface area (Å²) in [6.45, 7) is 2.21. The standard InChI is InChI=1S/C23H37NO5S/c1-2-3-4-5-6-7-9-17-12-14-18(15-13-17)22(29-23(28)19(24)16-30)20(25)10-8-11-21(26)27/h12-15,19-20,22,25,30H,2-11,16,24H2,1H3,(H,26,27)/t19?,20-,22+/m0/s1. The number of aliphatic hydroxyl groups excluding tert-OH is 1. The van der Waals surface area contributed by atoms with Gasteiger partial charge < -0.3 is 20.7 Å². The Morgan fingerprint density at radius 2 is 1.70 bits per heavy atom. The van der Waals surface area contributed by atoms with Crippen molar-refractivity contribution >= 4 is 24.6 Å². The van der Waals surface area contributed by atoms with Crippen LogP contribution in [0.5, 0.6) is 0 Å². The molecule has 1 rings (SSSR count). The minimum absolute atomic E-state index is 0.0505. The number of thiol groups is 1. The molecule has 0 radical (unpaired) electrons. The van der Waals surface area contributed by atoms with Gasteiger partial charge in [-0.2, -0.15) is 12.6 Å². The molecular weight excluding hydrogens is 402 g/mol. The van der Waals surface area contributed by atoms with E-state index in [0.29, 0.717) is 12.0 Å². The Labute approximate surface area is 185 Å². The molecule has 30 heavy (non-hydrogen) atoms. The molecule has 0 aromatic heterocycles. The molecule has 0 aliphatic rings. The highest BCUT2D eigenvalue weighted by Gasteiger charge is 2.27. The second-order valence-corrected chi connectivity index (χ2v) is 8.12. The first-order chi connectivity index (χ1) is 14.4. The SMILES string of the molecule is CCCCCCCCc1ccc([C@@H](OC(=O)C(N)CS)[C@@H](O)CCCC(=O)O)cc1. The molecule has 6 nitrogen and oxygen atoms in total. The Bertz CT molecular complexity index is 623. The Balaban J connectivity index is 2.72. The van der Waals surface area contributed by atoms with Gasteiger partial charge in [-0.25, -0.2) is 0 Å². The number of aryl methyl sites for hydroxylation is 1. The molecule has 0 aliphatic carbocycles. The van der Waals surface area contributed by atoms with E-state index in [1.807, 2.05) is 24.3 Å². The van der Waals surface area contributed by atoms with Crippen LogP contribution in [0.15, 0.2) is 24.3 Å². The van der Waals surface area contributed by atoms with Gasteiger partial charge in [-0.1, -0.05) is 63.3 Å². The van der Waals surface area contributed by atoms with Crippen molar-refractivity contribution in [1.82, 2.24) is 0 Å². The van der Waals surface area contributed by atoms with Gasteiger partial charge in [-0.05, 0) is 36.8 Å².